The zero-order chi connectivity index (χ0) is 32.9. The minimum atomic E-state index is -1.21. The summed E-state index contributed by atoms with van der Waals surface area (Å²) in [6.45, 7) is 14.2. The number of esters is 1. The van der Waals surface area contributed by atoms with Gasteiger partial charge in [-0.15, -0.1) is 0 Å². The Morgan fingerprint density at radius 2 is 1.67 bits per heavy atom. The number of pyridine rings is 3. The minimum Gasteiger partial charge on any atom is -0.477 e. The summed E-state index contributed by atoms with van der Waals surface area (Å²) >= 11 is 11.6. The maximum atomic E-state index is 12.4. The summed E-state index contributed by atoms with van der Waals surface area (Å²) in [5, 5.41) is 10.0. The molecule has 3 rings (SSSR count). The summed E-state index contributed by atoms with van der Waals surface area (Å²) in [5.74, 6) is -2.48. The van der Waals surface area contributed by atoms with Crippen molar-refractivity contribution in [2.45, 2.75) is 60.4 Å². The predicted molar refractivity (Wildman–Crippen MR) is 168 cm³/mol. The first-order valence-electron chi connectivity index (χ1n) is 13.5. The van der Waals surface area contributed by atoms with E-state index < -0.39 is 23.2 Å². The number of carbonyl (C=O) groups excluding carboxylic acids is 2. The van der Waals surface area contributed by atoms with Gasteiger partial charge in [0, 0.05) is 50.1 Å². The zero-order valence-corrected chi connectivity index (χ0v) is 27.4. The monoisotopic (exact) mass is 632 g/mol. The van der Waals surface area contributed by atoms with Crippen molar-refractivity contribution in [2.75, 3.05) is 20.7 Å². The van der Waals surface area contributed by atoms with Gasteiger partial charge in [-0.1, -0.05) is 44.0 Å². The van der Waals surface area contributed by atoms with Crippen LogP contribution in [0.1, 0.15) is 74.4 Å². The average molecular weight is 634 g/mol. The van der Waals surface area contributed by atoms with Crippen molar-refractivity contribution in [1.82, 2.24) is 19.4 Å². The van der Waals surface area contributed by atoms with Crippen LogP contribution in [-0.2, 0) is 15.1 Å². The molecule has 0 aliphatic carbocycles. The lowest BCUT2D eigenvalue weighted by molar-refractivity contribution is -0.138. The maximum absolute atomic E-state index is 12.4. The van der Waals surface area contributed by atoms with Gasteiger partial charge in [-0.2, -0.15) is 0 Å². The van der Waals surface area contributed by atoms with Gasteiger partial charge in [0.25, 0.3) is 0 Å². The number of rotatable bonds is 8. The van der Waals surface area contributed by atoms with Crippen LogP contribution in [0.4, 0.5) is 0 Å². The van der Waals surface area contributed by atoms with E-state index in [-0.39, 0.29) is 44.4 Å². The molecule has 0 aliphatic rings. The molecular formula is C31H38Cl2N4O6. The normalized spacial score (nSPS) is 11.9. The number of nitrogens with zero attached hydrogens (tertiary/aromatic N) is 4. The van der Waals surface area contributed by atoms with Gasteiger partial charge in [0.05, 0.1) is 28.1 Å². The Bertz CT molecular complexity index is 1620. The third-order valence-electron chi connectivity index (χ3n) is 6.06. The molecule has 0 bridgehead atoms. The molecule has 12 heteroatoms. The van der Waals surface area contributed by atoms with Crippen molar-refractivity contribution >= 4 is 51.8 Å². The highest BCUT2D eigenvalue weighted by atomic mass is 35.5. The van der Waals surface area contributed by atoms with E-state index >= 15 is 0 Å². The SMILES string of the molecule is CCOC(=O)C(=CN(C)C)C(=O)c1cnc(Cl)cc1Cl.Cc1cc2c(cn1)c(=O)c(C(=O)O)cn2C(C)(C)CC(C)(C)C. The summed E-state index contributed by atoms with van der Waals surface area (Å²) in [5.41, 5.74) is 0.502. The molecule has 0 fully saturated rings. The fraction of sp³-hybridized carbons (Fsp3) is 0.419. The number of Topliss-reactive ketones (excluding diaryl/α,β-unsaturated/α-hetero) is 1. The summed E-state index contributed by atoms with van der Waals surface area (Å²) < 4.78 is 6.78. The number of aromatic nitrogens is 3. The van der Waals surface area contributed by atoms with Crippen molar-refractivity contribution in [3.8, 4) is 0 Å². The fourth-order valence-electron chi connectivity index (χ4n) is 4.75. The van der Waals surface area contributed by atoms with E-state index in [0.29, 0.717) is 5.39 Å². The first-order chi connectivity index (χ1) is 19.8. The molecule has 3 aromatic rings. The van der Waals surface area contributed by atoms with Crippen molar-refractivity contribution in [2.24, 2.45) is 5.41 Å². The van der Waals surface area contributed by atoms with Gasteiger partial charge in [-0.05, 0) is 51.7 Å². The highest BCUT2D eigenvalue weighted by Crippen LogP contribution is 2.34. The third-order valence-corrected chi connectivity index (χ3v) is 6.58. The van der Waals surface area contributed by atoms with Gasteiger partial charge in [0.1, 0.15) is 16.3 Å². The number of carboxylic acid groups (broad SMARTS) is 1. The lowest BCUT2D eigenvalue weighted by Crippen LogP contribution is -2.34. The van der Waals surface area contributed by atoms with Crippen LogP contribution in [-0.4, -0.2) is 63.0 Å². The molecule has 10 nitrogen and oxygen atoms in total. The maximum Gasteiger partial charge on any atom is 0.343 e. The quantitative estimate of drug-likeness (QED) is 0.0774. The molecule has 1 N–H and O–H groups in total. The van der Waals surface area contributed by atoms with Crippen LogP contribution in [0, 0.1) is 12.3 Å². The van der Waals surface area contributed by atoms with Gasteiger partial charge < -0.3 is 19.3 Å². The minimum absolute atomic E-state index is 0.0599. The van der Waals surface area contributed by atoms with Crippen LogP contribution in [0.15, 0.2) is 47.3 Å². The molecule has 0 radical (unpaired) electrons. The van der Waals surface area contributed by atoms with Crippen molar-refractivity contribution in [1.29, 1.82) is 0 Å². The lowest BCUT2D eigenvalue weighted by atomic mass is 9.81. The van der Waals surface area contributed by atoms with E-state index in [1.807, 2.05) is 17.6 Å². The zero-order valence-electron chi connectivity index (χ0n) is 25.9. The number of aromatic carboxylic acids is 1. The van der Waals surface area contributed by atoms with Gasteiger partial charge in [-0.25, -0.2) is 14.6 Å². The Kier molecular flexibility index (Phi) is 11.7. The molecular weight excluding hydrogens is 595 g/mol. The second-order valence-corrected chi connectivity index (χ2v) is 12.8. The molecule has 232 valence electrons. The molecule has 0 aromatic carbocycles. The van der Waals surface area contributed by atoms with E-state index in [1.165, 1.54) is 30.9 Å². The van der Waals surface area contributed by atoms with Gasteiger partial charge in [0.2, 0.25) is 11.2 Å². The van der Waals surface area contributed by atoms with Crippen LogP contribution in [0.25, 0.3) is 10.9 Å². The molecule has 43 heavy (non-hydrogen) atoms. The van der Waals surface area contributed by atoms with Crippen molar-refractivity contribution in [3.05, 3.63) is 79.7 Å². The lowest BCUT2D eigenvalue weighted by Gasteiger charge is -2.36. The highest BCUT2D eigenvalue weighted by Gasteiger charge is 2.29. The van der Waals surface area contributed by atoms with Crippen LogP contribution >= 0.6 is 23.2 Å². The van der Waals surface area contributed by atoms with E-state index in [0.717, 1.165) is 17.6 Å². The van der Waals surface area contributed by atoms with Crippen LogP contribution in [0.5, 0.6) is 0 Å². The second kappa shape index (κ2) is 14.1. The van der Waals surface area contributed by atoms with Crippen molar-refractivity contribution in [3.63, 3.8) is 0 Å². The first-order valence-corrected chi connectivity index (χ1v) is 14.2. The number of hydrogen-bond acceptors (Lipinski definition) is 8. The standard InChI is InChI=1S/C18H24N2O3.C13H14Cl2N2O3/c1-11-7-14-12(8-19-11)15(21)13(16(22)23)9-20(14)18(5,6)10-17(2,3)4;1-4-20-13(19)9(7-17(2)3)12(18)8-6-16-11(15)5-10(8)14/h7-9H,10H2,1-6H3,(H,22,23);5-7H,4H2,1-3H3. The summed E-state index contributed by atoms with van der Waals surface area (Å²) in [7, 11) is 3.38. The molecule has 0 saturated carbocycles. The number of ketones is 1. The molecule has 0 unspecified atom stereocenters. The molecule has 3 heterocycles. The summed E-state index contributed by atoms with van der Waals surface area (Å²) in [6, 6.07) is 3.18. The van der Waals surface area contributed by atoms with Gasteiger partial charge in [0.15, 0.2) is 0 Å². The Labute approximate surface area is 261 Å². The molecule has 0 atom stereocenters. The van der Waals surface area contributed by atoms with Gasteiger partial charge in [-0.3, -0.25) is 14.6 Å². The number of hydrogen-bond donors (Lipinski definition) is 1. The third kappa shape index (κ3) is 9.36. The Balaban J connectivity index is 0.000000304. The number of ether oxygens (including phenoxy) is 1. The summed E-state index contributed by atoms with van der Waals surface area (Å²) in [4.78, 5) is 57.6. The molecule has 0 saturated heterocycles. The molecule has 0 spiro atoms. The van der Waals surface area contributed by atoms with E-state index in [1.54, 1.807) is 25.9 Å². The van der Waals surface area contributed by atoms with E-state index in [9.17, 15) is 24.3 Å². The smallest absolute Gasteiger partial charge is 0.343 e. The molecule has 0 aliphatic heterocycles. The van der Waals surface area contributed by atoms with E-state index in [4.69, 9.17) is 27.9 Å². The Morgan fingerprint density at radius 1 is 1.05 bits per heavy atom. The summed E-state index contributed by atoms with van der Waals surface area (Å²) in [6.07, 6.45) is 6.39. The first kappa shape index (κ1) is 35.4. The number of carboxylic acids is 1. The molecule has 3 aromatic heterocycles. The Hall–Kier alpha value is -3.76. The van der Waals surface area contributed by atoms with Crippen LogP contribution in [0.2, 0.25) is 10.2 Å². The van der Waals surface area contributed by atoms with Crippen LogP contribution < -0.4 is 5.43 Å². The van der Waals surface area contributed by atoms with E-state index in [2.05, 4.69) is 44.6 Å². The Morgan fingerprint density at radius 3 is 2.19 bits per heavy atom. The topological polar surface area (TPSA) is 132 Å². The van der Waals surface area contributed by atoms with Crippen molar-refractivity contribution < 1.29 is 24.2 Å². The van der Waals surface area contributed by atoms with Gasteiger partial charge >= 0.3 is 11.9 Å². The average Bonchev–Trinajstić information content (AvgIpc) is 2.85. The number of fused-ring (bicyclic) bond motifs is 1. The second-order valence-electron chi connectivity index (χ2n) is 12.0. The number of aryl methyl sites for hydroxylation is 1. The predicted octanol–water partition coefficient (Wildman–Crippen LogP) is 6.15. The largest absolute Gasteiger partial charge is 0.477 e. The number of carbonyl (C=O) groups is 3. The number of halogens is 2. The van der Waals surface area contributed by atoms with Crippen LogP contribution in [0.3, 0.4) is 0 Å². The fourth-order valence-corrected chi connectivity index (χ4v) is 5.20. The molecule has 0 amide bonds. The highest BCUT2D eigenvalue weighted by molar-refractivity contribution is 6.38.